The van der Waals surface area contributed by atoms with E-state index >= 15 is 0 Å². The van der Waals surface area contributed by atoms with Crippen molar-refractivity contribution in [3.05, 3.63) is 12.2 Å². The molecule has 0 amide bonds. The molecule has 2 aliphatic carbocycles. The van der Waals surface area contributed by atoms with Crippen molar-refractivity contribution >= 4 is 0 Å². The summed E-state index contributed by atoms with van der Waals surface area (Å²) < 4.78 is 0. The van der Waals surface area contributed by atoms with Gasteiger partial charge in [0.15, 0.2) is 0 Å². The summed E-state index contributed by atoms with van der Waals surface area (Å²) in [6.07, 6.45) is 19.5. The Bertz CT molecular complexity index is 208. The third-order valence-corrected chi connectivity index (χ3v) is 4.83. The van der Waals surface area contributed by atoms with Crippen LogP contribution in [0.3, 0.4) is 0 Å². The van der Waals surface area contributed by atoms with Gasteiger partial charge < -0.3 is 0 Å². The van der Waals surface area contributed by atoms with E-state index in [2.05, 4.69) is 19.1 Å². The third-order valence-electron chi connectivity index (χ3n) is 4.83. The number of hydrogen-bond acceptors (Lipinski definition) is 0. The normalized spacial score (nSPS) is 35.2. The van der Waals surface area contributed by atoms with Crippen molar-refractivity contribution in [2.24, 2.45) is 17.8 Å². The zero-order valence-corrected chi connectivity index (χ0v) is 11.0. The molecule has 0 spiro atoms. The fourth-order valence-corrected chi connectivity index (χ4v) is 3.69. The van der Waals surface area contributed by atoms with E-state index in [1.165, 1.54) is 64.2 Å². The highest BCUT2D eigenvalue weighted by molar-refractivity contribution is 4.93. The first kappa shape index (κ1) is 12.2. The van der Waals surface area contributed by atoms with Crippen LogP contribution in [-0.4, -0.2) is 0 Å². The Balaban J connectivity index is 1.70. The van der Waals surface area contributed by atoms with Gasteiger partial charge in [-0.25, -0.2) is 0 Å². The lowest BCUT2D eigenvalue weighted by Gasteiger charge is -2.34. The first-order valence-corrected chi connectivity index (χ1v) is 7.55. The van der Waals surface area contributed by atoms with E-state index < -0.39 is 0 Å². The molecule has 2 rings (SSSR count). The first-order chi connectivity index (χ1) is 7.90. The number of unbranched alkanes of at least 4 members (excludes halogenated alkanes) is 1. The Morgan fingerprint density at radius 2 is 1.75 bits per heavy atom. The van der Waals surface area contributed by atoms with Crippen LogP contribution >= 0.6 is 0 Å². The third kappa shape index (κ3) is 3.37. The zero-order valence-electron chi connectivity index (χ0n) is 11.0. The molecule has 0 saturated heterocycles. The van der Waals surface area contributed by atoms with E-state index in [9.17, 15) is 0 Å². The quantitative estimate of drug-likeness (QED) is 0.561. The molecule has 1 saturated carbocycles. The van der Waals surface area contributed by atoms with E-state index in [1.54, 1.807) is 0 Å². The largest absolute Gasteiger partial charge is 0.0885 e. The van der Waals surface area contributed by atoms with E-state index in [0.717, 1.165) is 17.8 Å². The predicted molar refractivity (Wildman–Crippen MR) is 71.5 cm³/mol. The molecule has 16 heavy (non-hydrogen) atoms. The first-order valence-electron chi connectivity index (χ1n) is 7.55. The molecule has 0 bridgehead atoms. The van der Waals surface area contributed by atoms with Gasteiger partial charge in [0.2, 0.25) is 0 Å². The lowest BCUT2D eigenvalue weighted by Crippen LogP contribution is -2.22. The summed E-state index contributed by atoms with van der Waals surface area (Å²) >= 11 is 0. The van der Waals surface area contributed by atoms with Crippen molar-refractivity contribution in [3.63, 3.8) is 0 Å². The van der Waals surface area contributed by atoms with Gasteiger partial charge in [-0.1, -0.05) is 51.2 Å². The maximum Gasteiger partial charge on any atom is -0.0319 e. The summed E-state index contributed by atoms with van der Waals surface area (Å²) in [6.45, 7) is 2.32. The molecule has 0 radical (unpaired) electrons. The monoisotopic (exact) mass is 220 g/mol. The Kier molecular flexibility index (Phi) is 4.93. The second kappa shape index (κ2) is 6.47. The van der Waals surface area contributed by atoms with Crippen molar-refractivity contribution in [2.45, 2.75) is 71.1 Å². The van der Waals surface area contributed by atoms with Crippen molar-refractivity contribution in [1.82, 2.24) is 0 Å². The van der Waals surface area contributed by atoms with Crippen LogP contribution in [0.15, 0.2) is 12.2 Å². The Morgan fingerprint density at radius 1 is 0.938 bits per heavy atom. The molecule has 1 atom stereocenters. The van der Waals surface area contributed by atoms with E-state index in [-0.39, 0.29) is 0 Å². The summed E-state index contributed by atoms with van der Waals surface area (Å²) in [6, 6.07) is 0. The molecule has 0 heteroatoms. The lowest BCUT2D eigenvalue weighted by molar-refractivity contribution is 0.187. The molecule has 1 unspecified atom stereocenters. The van der Waals surface area contributed by atoms with Crippen LogP contribution in [0.4, 0.5) is 0 Å². The van der Waals surface area contributed by atoms with Crippen LogP contribution in [0, 0.1) is 17.8 Å². The number of hydrogen-bond donors (Lipinski definition) is 0. The summed E-state index contributed by atoms with van der Waals surface area (Å²) in [5.74, 6) is 3.19. The smallest absolute Gasteiger partial charge is 0.0319 e. The van der Waals surface area contributed by atoms with E-state index in [1.807, 2.05) is 0 Å². The predicted octanol–water partition coefficient (Wildman–Crippen LogP) is 5.34. The molecule has 92 valence electrons. The molecule has 0 aromatic rings. The average molecular weight is 220 g/mol. The minimum atomic E-state index is 1.04. The van der Waals surface area contributed by atoms with Crippen LogP contribution in [0.25, 0.3) is 0 Å². The zero-order chi connectivity index (χ0) is 11.2. The van der Waals surface area contributed by atoms with Crippen molar-refractivity contribution in [2.75, 3.05) is 0 Å². The van der Waals surface area contributed by atoms with Gasteiger partial charge in [-0.15, -0.1) is 0 Å². The highest BCUT2D eigenvalue weighted by Gasteiger charge is 2.26. The molecule has 0 nitrogen and oxygen atoms in total. The average Bonchev–Trinajstić information content (AvgIpc) is 2.38. The Hall–Kier alpha value is -0.260. The Morgan fingerprint density at radius 3 is 2.38 bits per heavy atom. The van der Waals surface area contributed by atoms with Crippen LogP contribution in [0.1, 0.15) is 71.1 Å². The van der Waals surface area contributed by atoms with Crippen LogP contribution in [-0.2, 0) is 0 Å². The minimum absolute atomic E-state index is 1.04. The molecular weight excluding hydrogens is 192 g/mol. The molecule has 0 heterocycles. The van der Waals surface area contributed by atoms with E-state index in [4.69, 9.17) is 0 Å². The molecule has 0 aromatic heterocycles. The molecule has 0 aromatic carbocycles. The molecule has 0 aliphatic heterocycles. The van der Waals surface area contributed by atoms with Gasteiger partial charge in [-0.2, -0.15) is 0 Å². The topological polar surface area (TPSA) is 0 Å². The second-order valence-electron chi connectivity index (χ2n) is 5.97. The number of allylic oxidation sites excluding steroid dienone is 2. The van der Waals surface area contributed by atoms with Gasteiger partial charge in [-0.05, 0) is 49.9 Å². The summed E-state index contributed by atoms with van der Waals surface area (Å²) in [5, 5.41) is 0. The van der Waals surface area contributed by atoms with Crippen molar-refractivity contribution < 1.29 is 0 Å². The van der Waals surface area contributed by atoms with Crippen molar-refractivity contribution in [1.29, 1.82) is 0 Å². The SMILES string of the molecule is CCCCC1CCC(C2CC=CCC2)CC1. The molecule has 0 N–H and O–H groups in total. The second-order valence-corrected chi connectivity index (χ2v) is 5.97. The van der Waals surface area contributed by atoms with Crippen molar-refractivity contribution in [3.8, 4) is 0 Å². The minimum Gasteiger partial charge on any atom is -0.0885 e. The maximum atomic E-state index is 2.43. The molecular formula is C16H28. The van der Waals surface area contributed by atoms with E-state index in [0.29, 0.717) is 0 Å². The molecule has 2 aliphatic rings. The van der Waals surface area contributed by atoms with Crippen LogP contribution in [0.2, 0.25) is 0 Å². The summed E-state index contributed by atoms with van der Waals surface area (Å²) in [7, 11) is 0. The fraction of sp³-hybridized carbons (Fsp3) is 0.875. The highest BCUT2D eigenvalue weighted by atomic mass is 14.3. The maximum absolute atomic E-state index is 2.43. The van der Waals surface area contributed by atoms with Gasteiger partial charge >= 0.3 is 0 Å². The van der Waals surface area contributed by atoms with Gasteiger partial charge in [0, 0.05) is 0 Å². The van der Waals surface area contributed by atoms with Gasteiger partial charge in [-0.3, -0.25) is 0 Å². The van der Waals surface area contributed by atoms with Crippen LogP contribution in [0.5, 0.6) is 0 Å². The van der Waals surface area contributed by atoms with Gasteiger partial charge in [0.1, 0.15) is 0 Å². The standard InChI is InChI=1S/C16H28/c1-2-3-7-14-10-12-16(13-11-14)15-8-5-4-6-9-15/h4-5,14-16H,2-3,6-13H2,1H3. The fourth-order valence-electron chi connectivity index (χ4n) is 3.69. The number of rotatable bonds is 4. The summed E-state index contributed by atoms with van der Waals surface area (Å²) in [4.78, 5) is 0. The summed E-state index contributed by atoms with van der Waals surface area (Å²) in [5.41, 5.74) is 0. The van der Waals surface area contributed by atoms with Gasteiger partial charge in [0.25, 0.3) is 0 Å². The van der Waals surface area contributed by atoms with Crippen LogP contribution < -0.4 is 0 Å². The lowest BCUT2D eigenvalue weighted by atomic mass is 9.71. The molecule has 1 fully saturated rings. The Labute approximate surface area is 102 Å². The highest BCUT2D eigenvalue weighted by Crippen LogP contribution is 2.39. The van der Waals surface area contributed by atoms with Gasteiger partial charge in [0.05, 0.1) is 0 Å².